The molecule has 74 valence electrons. The molecule has 0 aliphatic heterocycles. The van der Waals surface area contributed by atoms with Crippen molar-refractivity contribution in [1.82, 2.24) is 9.78 Å². The molecule has 2 aromatic heterocycles. The number of nitrogens with zero attached hydrogens (tertiary/aromatic N) is 2. The van der Waals surface area contributed by atoms with E-state index in [1.54, 1.807) is 11.3 Å². The number of rotatable bonds is 2. The lowest BCUT2D eigenvalue weighted by atomic mass is 10.3. The molecule has 2 N–H and O–H groups in total. The Morgan fingerprint density at radius 2 is 2.29 bits per heavy atom. The Morgan fingerprint density at radius 3 is 2.79 bits per heavy atom. The summed E-state index contributed by atoms with van der Waals surface area (Å²) in [7, 11) is 0. The van der Waals surface area contributed by atoms with Crippen LogP contribution in [0.4, 0.5) is 5.82 Å². The van der Waals surface area contributed by atoms with Crippen molar-refractivity contribution in [2.45, 2.75) is 19.9 Å². The van der Waals surface area contributed by atoms with Crippen LogP contribution < -0.4 is 5.73 Å². The molecule has 0 spiro atoms. The van der Waals surface area contributed by atoms with Gasteiger partial charge >= 0.3 is 0 Å². The molecule has 0 atom stereocenters. The third-order valence-electron chi connectivity index (χ3n) is 2.03. The third-order valence-corrected chi connectivity index (χ3v) is 2.92. The third kappa shape index (κ3) is 1.53. The lowest BCUT2D eigenvalue weighted by Crippen LogP contribution is -2.06. The smallest absolute Gasteiger partial charge is 0.122 e. The molecular weight excluding hydrogens is 194 g/mol. The van der Waals surface area contributed by atoms with Gasteiger partial charge < -0.3 is 5.73 Å². The first-order valence-corrected chi connectivity index (χ1v) is 5.45. The summed E-state index contributed by atoms with van der Waals surface area (Å²) in [5.41, 5.74) is 6.82. The Morgan fingerprint density at radius 1 is 1.50 bits per heavy atom. The average Bonchev–Trinajstić information content (AvgIpc) is 2.70. The fourth-order valence-corrected chi connectivity index (χ4v) is 2.05. The number of aromatic nitrogens is 2. The molecule has 14 heavy (non-hydrogen) atoms. The van der Waals surface area contributed by atoms with E-state index in [1.807, 2.05) is 22.2 Å². The van der Waals surface area contributed by atoms with Gasteiger partial charge in [0.1, 0.15) is 11.5 Å². The Kier molecular flexibility index (Phi) is 2.29. The van der Waals surface area contributed by atoms with Crippen LogP contribution in [0.15, 0.2) is 23.6 Å². The predicted octanol–water partition coefficient (Wildman–Crippen LogP) is 2.77. The quantitative estimate of drug-likeness (QED) is 0.823. The molecule has 3 nitrogen and oxygen atoms in total. The molecular formula is C10H13N3S. The molecule has 2 rings (SSSR count). The van der Waals surface area contributed by atoms with Crippen LogP contribution in [-0.4, -0.2) is 9.78 Å². The maximum atomic E-state index is 5.85. The van der Waals surface area contributed by atoms with Crippen molar-refractivity contribution in [3.05, 3.63) is 23.6 Å². The largest absolute Gasteiger partial charge is 0.384 e. The van der Waals surface area contributed by atoms with Crippen molar-refractivity contribution in [3.8, 4) is 10.6 Å². The predicted molar refractivity (Wildman–Crippen MR) is 60.3 cm³/mol. The van der Waals surface area contributed by atoms with Gasteiger partial charge in [-0.2, -0.15) is 5.10 Å². The second-order valence-corrected chi connectivity index (χ2v) is 4.42. The summed E-state index contributed by atoms with van der Waals surface area (Å²) >= 11 is 1.68. The zero-order valence-corrected chi connectivity index (χ0v) is 9.08. The van der Waals surface area contributed by atoms with E-state index < -0.39 is 0 Å². The van der Waals surface area contributed by atoms with E-state index in [0.717, 1.165) is 16.4 Å². The molecule has 0 bridgehead atoms. The average molecular weight is 207 g/mol. The number of nitrogens with two attached hydrogens (primary N) is 1. The number of hydrogen-bond acceptors (Lipinski definition) is 3. The minimum atomic E-state index is 0.309. The summed E-state index contributed by atoms with van der Waals surface area (Å²) < 4.78 is 1.84. The minimum absolute atomic E-state index is 0.309. The first-order valence-electron chi connectivity index (χ1n) is 4.57. The molecule has 0 aromatic carbocycles. The van der Waals surface area contributed by atoms with Crippen LogP contribution in [-0.2, 0) is 0 Å². The highest BCUT2D eigenvalue weighted by atomic mass is 32.1. The van der Waals surface area contributed by atoms with Gasteiger partial charge in [-0.05, 0) is 25.3 Å². The lowest BCUT2D eigenvalue weighted by molar-refractivity contribution is 0.542. The molecule has 0 aliphatic rings. The van der Waals surface area contributed by atoms with Crippen LogP contribution in [0.1, 0.15) is 19.9 Å². The highest BCUT2D eigenvalue weighted by molar-refractivity contribution is 7.13. The molecule has 0 aliphatic carbocycles. The Bertz CT molecular complexity index is 415. The SMILES string of the molecule is CC(C)n1nc(-c2cccs2)cc1N. The summed E-state index contributed by atoms with van der Waals surface area (Å²) in [6.07, 6.45) is 0. The van der Waals surface area contributed by atoms with Crippen molar-refractivity contribution in [2.75, 3.05) is 5.73 Å². The number of thiophene rings is 1. The maximum absolute atomic E-state index is 5.85. The van der Waals surface area contributed by atoms with Crippen molar-refractivity contribution < 1.29 is 0 Å². The molecule has 0 fully saturated rings. The molecule has 0 radical (unpaired) electrons. The van der Waals surface area contributed by atoms with Crippen LogP contribution in [0, 0.1) is 0 Å². The first-order chi connectivity index (χ1) is 6.68. The van der Waals surface area contributed by atoms with E-state index in [2.05, 4.69) is 25.0 Å². The van der Waals surface area contributed by atoms with Crippen molar-refractivity contribution >= 4 is 17.2 Å². The van der Waals surface area contributed by atoms with Crippen LogP contribution in [0.5, 0.6) is 0 Å². The van der Waals surface area contributed by atoms with Gasteiger partial charge in [0.15, 0.2) is 0 Å². The van der Waals surface area contributed by atoms with E-state index in [9.17, 15) is 0 Å². The first kappa shape index (κ1) is 9.27. The van der Waals surface area contributed by atoms with Crippen LogP contribution in [0.25, 0.3) is 10.6 Å². The fourth-order valence-electron chi connectivity index (χ4n) is 1.37. The summed E-state index contributed by atoms with van der Waals surface area (Å²) in [6.45, 7) is 4.14. The molecule has 4 heteroatoms. The van der Waals surface area contributed by atoms with E-state index in [0.29, 0.717) is 6.04 Å². The Balaban J connectivity index is 2.43. The van der Waals surface area contributed by atoms with Gasteiger partial charge in [-0.15, -0.1) is 11.3 Å². The van der Waals surface area contributed by atoms with E-state index in [1.165, 1.54) is 0 Å². The number of anilines is 1. The van der Waals surface area contributed by atoms with Gasteiger partial charge in [0.05, 0.1) is 4.88 Å². The summed E-state index contributed by atoms with van der Waals surface area (Å²) in [5, 5.41) is 6.50. The minimum Gasteiger partial charge on any atom is -0.384 e. The van der Waals surface area contributed by atoms with Gasteiger partial charge in [-0.25, -0.2) is 4.68 Å². The zero-order chi connectivity index (χ0) is 10.1. The standard InChI is InChI=1S/C10H13N3S/c1-7(2)13-10(11)6-8(12-13)9-4-3-5-14-9/h3-7H,11H2,1-2H3. The van der Waals surface area contributed by atoms with Gasteiger partial charge in [-0.3, -0.25) is 0 Å². The second kappa shape index (κ2) is 3.46. The molecule has 0 amide bonds. The summed E-state index contributed by atoms with van der Waals surface area (Å²) in [6, 6.07) is 6.30. The van der Waals surface area contributed by atoms with Crippen LogP contribution >= 0.6 is 11.3 Å². The zero-order valence-electron chi connectivity index (χ0n) is 8.27. The topological polar surface area (TPSA) is 43.8 Å². The van der Waals surface area contributed by atoms with Gasteiger partial charge in [0.2, 0.25) is 0 Å². The van der Waals surface area contributed by atoms with Gasteiger partial charge in [-0.1, -0.05) is 6.07 Å². The number of nitrogen functional groups attached to an aromatic ring is 1. The lowest BCUT2D eigenvalue weighted by Gasteiger charge is -2.06. The van der Waals surface area contributed by atoms with Crippen molar-refractivity contribution in [1.29, 1.82) is 0 Å². The normalized spacial score (nSPS) is 11.1. The molecule has 0 saturated carbocycles. The van der Waals surface area contributed by atoms with Crippen LogP contribution in [0.3, 0.4) is 0 Å². The van der Waals surface area contributed by atoms with Crippen molar-refractivity contribution in [2.24, 2.45) is 0 Å². The molecule has 2 heterocycles. The maximum Gasteiger partial charge on any atom is 0.122 e. The number of hydrogen-bond donors (Lipinski definition) is 1. The van der Waals surface area contributed by atoms with Gasteiger partial charge in [0.25, 0.3) is 0 Å². The van der Waals surface area contributed by atoms with Crippen LogP contribution in [0.2, 0.25) is 0 Å². The fraction of sp³-hybridized carbons (Fsp3) is 0.300. The van der Waals surface area contributed by atoms with E-state index in [4.69, 9.17) is 5.73 Å². The monoisotopic (exact) mass is 207 g/mol. The Labute approximate surface area is 87.2 Å². The van der Waals surface area contributed by atoms with E-state index >= 15 is 0 Å². The highest BCUT2D eigenvalue weighted by Gasteiger charge is 2.09. The van der Waals surface area contributed by atoms with Gasteiger partial charge in [0, 0.05) is 12.1 Å². The molecule has 0 saturated heterocycles. The summed E-state index contributed by atoms with van der Waals surface area (Å²) in [5.74, 6) is 0.725. The molecule has 2 aromatic rings. The van der Waals surface area contributed by atoms with Crippen molar-refractivity contribution in [3.63, 3.8) is 0 Å². The second-order valence-electron chi connectivity index (χ2n) is 3.47. The summed E-state index contributed by atoms with van der Waals surface area (Å²) in [4.78, 5) is 1.16. The highest BCUT2D eigenvalue weighted by Crippen LogP contribution is 2.26. The molecule has 0 unspecified atom stereocenters. The van der Waals surface area contributed by atoms with E-state index in [-0.39, 0.29) is 0 Å². The Hall–Kier alpha value is -1.29.